The molecule has 0 unspecified atom stereocenters. The van der Waals surface area contributed by atoms with Crippen molar-refractivity contribution in [2.75, 3.05) is 0 Å². The molecule has 3 rings (SSSR count). The molecular formula is C17H16FNO2. The normalized spacial score (nSPS) is 13.6. The molecule has 0 aromatic heterocycles. The number of carbonyl (C=O) groups excluding carboxylic acids is 1. The van der Waals surface area contributed by atoms with E-state index in [1.165, 1.54) is 12.1 Å². The van der Waals surface area contributed by atoms with Gasteiger partial charge in [0.25, 0.3) is 5.91 Å². The average Bonchev–Trinajstić information content (AvgIpc) is 2.77. The summed E-state index contributed by atoms with van der Waals surface area (Å²) in [6, 6.07) is 9.66. The van der Waals surface area contributed by atoms with Gasteiger partial charge >= 0.3 is 0 Å². The molecule has 1 amide bonds. The standard InChI is InChI=1S/C17H16FNO2/c1-2-12-7-14(18)8-13-10-19(17(21)16(12)13)9-11-3-5-15(20)6-4-11/h3-8,20H,2,9-10H2,1H3. The van der Waals surface area contributed by atoms with Gasteiger partial charge in [0, 0.05) is 18.7 Å². The van der Waals surface area contributed by atoms with Gasteiger partial charge in [0.2, 0.25) is 0 Å². The lowest BCUT2D eigenvalue weighted by molar-refractivity contribution is 0.0766. The number of hydrogen-bond acceptors (Lipinski definition) is 2. The third kappa shape index (κ3) is 2.49. The molecule has 2 aromatic carbocycles. The largest absolute Gasteiger partial charge is 0.508 e. The first kappa shape index (κ1) is 13.6. The maximum Gasteiger partial charge on any atom is 0.255 e. The summed E-state index contributed by atoms with van der Waals surface area (Å²) in [6.07, 6.45) is 0.638. The van der Waals surface area contributed by atoms with Crippen LogP contribution >= 0.6 is 0 Å². The van der Waals surface area contributed by atoms with Crippen LogP contribution in [0.3, 0.4) is 0 Å². The van der Waals surface area contributed by atoms with Crippen molar-refractivity contribution < 1.29 is 14.3 Å². The fourth-order valence-corrected chi connectivity index (χ4v) is 2.79. The zero-order valence-electron chi connectivity index (χ0n) is 11.8. The summed E-state index contributed by atoms with van der Waals surface area (Å²) in [5, 5.41) is 9.29. The molecule has 1 aliphatic heterocycles. The SMILES string of the molecule is CCc1cc(F)cc2c1C(=O)N(Cc1ccc(O)cc1)C2. The maximum absolute atomic E-state index is 13.6. The van der Waals surface area contributed by atoms with Gasteiger partial charge in [-0.05, 0) is 47.4 Å². The molecule has 2 aromatic rings. The Hall–Kier alpha value is -2.36. The van der Waals surface area contributed by atoms with E-state index in [4.69, 9.17) is 0 Å². The highest BCUT2D eigenvalue weighted by atomic mass is 19.1. The van der Waals surface area contributed by atoms with Crippen LogP contribution in [0, 0.1) is 5.82 Å². The number of hydrogen-bond donors (Lipinski definition) is 1. The number of halogens is 1. The number of phenolic OH excluding ortho intramolecular Hbond substituents is 1. The quantitative estimate of drug-likeness (QED) is 0.940. The van der Waals surface area contributed by atoms with Crippen LogP contribution in [0.15, 0.2) is 36.4 Å². The van der Waals surface area contributed by atoms with Gasteiger partial charge in [-0.1, -0.05) is 19.1 Å². The monoisotopic (exact) mass is 285 g/mol. The Morgan fingerprint density at radius 3 is 2.62 bits per heavy atom. The van der Waals surface area contributed by atoms with Crippen molar-refractivity contribution in [1.29, 1.82) is 0 Å². The molecule has 0 saturated carbocycles. The van der Waals surface area contributed by atoms with E-state index in [0.29, 0.717) is 25.1 Å². The molecule has 0 bridgehead atoms. The van der Waals surface area contributed by atoms with E-state index in [9.17, 15) is 14.3 Å². The minimum Gasteiger partial charge on any atom is -0.508 e. The minimum absolute atomic E-state index is 0.0464. The van der Waals surface area contributed by atoms with Crippen LogP contribution in [0.25, 0.3) is 0 Å². The van der Waals surface area contributed by atoms with Crippen LogP contribution < -0.4 is 0 Å². The highest BCUT2D eigenvalue weighted by molar-refractivity contribution is 5.99. The molecule has 1 N–H and O–H groups in total. The van der Waals surface area contributed by atoms with Crippen LogP contribution in [0.5, 0.6) is 5.75 Å². The number of benzene rings is 2. The van der Waals surface area contributed by atoms with Crippen molar-refractivity contribution in [2.45, 2.75) is 26.4 Å². The summed E-state index contributed by atoms with van der Waals surface area (Å²) < 4.78 is 13.6. The fraction of sp³-hybridized carbons (Fsp3) is 0.235. The van der Waals surface area contributed by atoms with E-state index in [-0.39, 0.29) is 17.5 Å². The Bertz CT molecular complexity index is 695. The van der Waals surface area contributed by atoms with Crippen molar-refractivity contribution >= 4 is 5.91 Å². The molecule has 3 nitrogen and oxygen atoms in total. The number of aromatic hydroxyl groups is 1. The Balaban J connectivity index is 1.88. The molecule has 0 atom stereocenters. The van der Waals surface area contributed by atoms with E-state index >= 15 is 0 Å². The van der Waals surface area contributed by atoms with Gasteiger partial charge in [0.1, 0.15) is 11.6 Å². The van der Waals surface area contributed by atoms with E-state index < -0.39 is 0 Å². The first-order chi connectivity index (χ1) is 10.1. The Morgan fingerprint density at radius 2 is 1.95 bits per heavy atom. The summed E-state index contributed by atoms with van der Waals surface area (Å²) >= 11 is 0. The summed E-state index contributed by atoms with van der Waals surface area (Å²) in [5.41, 5.74) is 3.11. The molecule has 0 saturated heterocycles. The molecule has 108 valence electrons. The molecule has 1 aliphatic rings. The van der Waals surface area contributed by atoms with Crippen molar-refractivity contribution in [3.63, 3.8) is 0 Å². The molecule has 0 aliphatic carbocycles. The predicted octanol–water partition coefficient (Wildman–Crippen LogP) is 3.25. The molecular weight excluding hydrogens is 269 g/mol. The van der Waals surface area contributed by atoms with E-state index in [1.54, 1.807) is 29.2 Å². The lowest BCUT2D eigenvalue weighted by Gasteiger charge is -2.15. The molecule has 1 heterocycles. The van der Waals surface area contributed by atoms with Crippen LogP contribution in [-0.4, -0.2) is 15.9 Å². The number of fused-ring (bicyclic) bond motifs is 1. The number of amides is 1. The minimum atomic E-state index is -0.287. The van der Waals surface area contributed by atoms with Gasteiger partial charge in [0.15, 0.2) is 0 Å². The summed E-state index contributed by atoms with van der Waals surface area (Å²) in [5.74, 6) is -0.134. The number of aryl methyl sites for hydroxylation is 1. The Kier molecular flexibility index (Phi) is 3.37. The van der Waals surface area contributed by atoms with Gasteiger partial charge < -0.3 is 10.0 Å². The number of nitrogens with zero attached hydrogens (tertiary/aromatic N) is 1. The Morgan fingerprint density at radius 1 is 1.24 bits per heavy atom. The van der Waals surface area contributed by atoms with Crippen LogP contribution in [0.2, 0.25) is 0 Å². The van der Waals surface area contributed by atoms with Crippen LogP contribution in [0.4, 0.5) is 4.39 Å². The Labute approximate surface area is 122 Å². The molecule has 0 radical (unpaired) electrons. The summed E-state index contributed by atoms with van der Waals surface area (Å²) in [6.45, 7) is 2.81. The highest BCUT2D eigenvalue weighted by Crippen LogP contribution is 2.29. The van der Waals surface area contributed by atoms with Gasteiger partial charge in [0.05, 0.1) is 0 Å². The fourth-order valence-electron chi connectivity index (χ4n) is 2.79. The third-order valence-electron chi connectivity index (χ3n) is 3.82. The smallest absolute Gasteiger partial charge is 0.255 e. The maximum atomic E-state index is 13.6. The molecule has 0 spiro atoms. The van der Waals surface area contributed by atoms with E-state index in [2.05, 4.69) is 0 Å². The second kappa shape index (κ2) is 5.20. The molecule has 21 heavy (non-hydrogen) atoms. The third-order valence-corrected chi connectivity index (χ3v) is 3.82. The topological polar surface area (TPSA) is 40.5 Å². The zero-order valence-corrected chi connectivity index (χ0v) is 11.8. The van der Waals surface area contributed by atoms with E-state index in [1.807, 2.05) is 6.92 Å². The number of rotatable bonds is 3. The van der Waals surface area contributed by atoms with E-state index in [0.717, 1.165) is 16.7 Å². The van der Waals surface area contributed by atoms with Crippen molar-refractivity contribution in [3.8, 4) is 5.75 Å². The molecule has 4 heteroatoms. The first-order valence-corrected chi connectivity index (χ1v) is 6.97. The van der Waals surface area contributed by atoms with Crippen molar-refractivity contribution in [3.05, 3.63) is 64.5 Å². The number of carbonyl (C=O) groups is 1. The second-order valence-corrected chi connectivity index (χ2v) is 5.28. The average molecular weight is 285 g/mol. The van der Waals surface area contributed by atoms with Crippen molar-refractivity contribution in [1.82, 2.24) is 4.90 Å². The zero-order chi connectivity index (χ0) is 15.0. The predicted molar refractivity (Wildman–Crippen MR) is 77.5 cm³/mol. The lowest BCUT2D eigenvalue weighted by atomic mass is 10.0. The van der Waals surface area contributed by atoms with Crippen LogP contribution in [-0.2, 0) is 19.5 Å². The van der Waals surface area contributed by atoms with Gasteiger partial charge in [-0.3, -0.25) is 4.79 Å². The molecule has 0 fully saturated rings. The van der Waals surface area contributed by atoms with Crippen LogP contribution in [0.1, 0.15) is 34.0 Å². The van der Waals surface area contributed by atoms with Gasteiger partial charge in [-0.25, -0.2) is 4.39 Å². The number of phenols is 1. The van der Waals surface area contributed by atoms with Gasteiger partial charge in [-0.15, -0.1) is 0 Å². The highest BCUT2D eigenvalue weighted by Gasteiger charge is 2.30. The summed E-state index contributed by atoms with van der Waals surface area (Å²) in [4.78, 5) is 14.2. The first-order valence-electron chi connectivity index (χ1n) is 6.97. The summed E-state index contributed by atoms with van der Waals surface area (Å²) in [7, 11) is 0. The van der Waals surface area contributed by atoms with Crippen molar-refractivity contribution in [2.24, 2.45) is 0 Å². The van der Waals surface area contributed by atoms with Gasteiger partial charge in [-0.2, -0.15) is 0 Å². The lowest BCUT2D eigenvalue weighted by Crippen LogP contribution is -2.23. The second-order valence-electron chi connectivity index (χ2n) is 5.28.